The van der Waals surface area contributed by atoms with Crippen molar-refractivity contribution in [3.05, 3.63) is 40.5 Å². The molecular weight excluding hydrogens is 252 g/mol. The molecule has 0 atom stereocenters. The molecule has 0 aliphatic rings. The van der Waals surface area contributed by atoms with Gasteiger partial charge in [0.05, 0.1) is 0 Å². The van der Waals surface area contributed by atoms with Gasteiger partial charge in [-0.05, 0) is 37.5 Å². The molecule has 20 heavy (non-hydrogen) atoms. The SMILES string of the molecule is COCCCNC(=O)/C(C#N)=C/c1cc(C)ccc1C. The Morgan fingerprint density at radius 3 is 2.85 bits per heavy atom. The Kier molecular flexibility index (Phi) is 6.48. The number of carbonyl (C=O) groups excluding carboxylic acids is 1. The summed E-state index contributed by atoms with van der Waals surface area (Å²) in [7, 11) is 1.61. The zero-order valence-corrected chi connectivity index (χ0v) is 12.2. The number of hydrogen-bond acceptors (Lipinski definition) is 3. The van der Waals surface area contributed by atoms with Crippen LogP contribution in [0, 0.1) is 25.2 Å². The van der Waals surface area contributed by atoms with Crippen LogP contribution in [0.4, 0.5) is 0 Å². The number of nitriles is 1. The minimum absolute atomic E-state index is 0.121. The first-order chi connectivity index (χ1) is 9.58. The number of amides is 1. The molecule has 1 amide bonds. The molecule has 0 fully saturated rings. The lowest BCUT2D eigenvalue weighted by atomic mass is 10.0. The molecule has 0 heterocycles. The normalized spacial score (nSPS) is 11.0. The van der Waals surface area contributed by atoms with Crippen LogP contribution in [0.15, 0.2) is 23.8 Å². The van der Waals surface area contributed by atoms with Crippen molar-refractivity contribution in [3.63, 3.8) is 0 Å². The maximum absolute atomic E-state index is 11.9. The van der Waals surface area contributed by atoms with Crippen molar-refractivity contribution in [1.29, 1.82) is 5.26 Å². The third kappa shape index (κ3) is 4.87. The highest BCUT2D eigenvalue weighted by Gasteiger charge is 2.09. The standard InChI is InChI=1S/C16H20N2O2/c1-12-5-6-13(2)14(9-12)10-15(11-17)16(19)18-7-4-8-20-3/h5-6,9-10H,4,7-8H2,1-3H3,(H,18,19)/b15-10+. The Bertz CT molecular complexity index is 542. The summed E-state index contributed by atoms with van der Waals surface area (Å²) in [5.41, 5.74) is 3.15. The van der Waals surface area contributed by atoms with Crippen LogP contribution in [0.3, 0.4) is 0 Å². The van der Waals surface area contributed by atoms with Crippen molar-refractivity contribution < 1.29 is 9.53 Å². The number of nitrogens with one attached hydrogen (secondary N) is 1. The fourth-order valence-corrected chi connectivity index (χ4v) is 1.73. The second kappa shape index (κ2) is 8.13. The Morgan fingerprint density at radius 1 is 1.45 bits per heavy atom. The van der Waals surface area contributed by atoms with Gasteiger partial charge in [0.25, 0.3) is 5.91 Å². The molecule has 0 aliphatic heterocycles. The van der Waals surface area contributed by atoms with E-state index >= 15 is 0 Å². The van der Waals surface area contributed by atoms with Gasteiger partial charge in [-0.25, -0.2) is 0 Å². The lowest BCUT2D eigenvalue weighted by molar-refractivity contribution is -0.117. The molecule has 0 radical (unpaired) electrons. The molecule has 1 aromatic carbocycles. The fraction of sp³-hybridized carbons (Fsp3) is 0.375. The molecule has 1 rings (SSSR count). The van der Waals surface area contributed by atoms with Gasteiger partial charge in [0.1, 0.15) is 11.6 Å². The van der Waals surface area contributed by atoms with Gasteiger partial charge in [0.2, 0.25) is 0 Å². The number of aryl methyl sites for hydroxylation is 2. The van der Waals surface area contributed by atoms with Crippen LogP contribution >= 0.6 is 0 Å². The van der Waals surface area contributed by atoms with Gasteiger partial charge in [0, 0.05) is 20.3 Å². The van der Waals surface area contributed by atoms with Crippen LogP contribution in [0.2, 0.25) is 0 Å². The van der Waals surface area contributed by atoms with E-state index in [9.17, 15) is 4.79 Å². The molecule has 0 aromatic heterocycles. The van der Waals surface area contributed by atoms with Gasteiger partial charge in [-0.2, -0.15) is 5.26 Å². The molecule has 0 unspecified atom stereocenters. The number of ether oxygens (including phenoxy) is 1. The summed E-state index contributed by atoms with van der Waals surface area (Å²) in [6.45, 7) is 5.02. The van der Waals surface area contributed by atoms with Crippen molar-refractivity contribution in [1.82, 2.24) is 5.32 Å². The lowest BCUT2D eigenvalue weighted by Gasteiger charge is -2.05. The first-order valence-corrected chi connectivity index (χ1v) is 6.54. The molecule has 0 saturated carbocycles. The molecule has 4 heteroatoms. The minimum atomic E-state index is -0.343. The van der Waals surface area contributed by atoms with Gasteiger partial charge in [-0.1, -0.05) is 23.8 Å². The maximum Gasteiger partial charge on any atom is 0.261 e. The molecule has 0 spiro atoms. The number of methoxy groups -OCH3 is 1. The third-order valence-electron chi connectivity index (χ3n) is 2.91. The lowest BCUT2D eigenvalue weighted by Crippen LogP contribution is -2.26. The van der Waals surface area contributed by atoms with Gasteiger partial charge in [-0.3, -0.25) is 4.79 Å². The van der Waals surface area contributed by atoms with E-state index in [-0.39, 0.29) is 11.5 Å². The topological polar surface area (TPSA) is 62.1 Å². The average Bonchev–Trinajstić information content (AvgIpc) is 2.44. The van der Waals surface area contributed by atoms with Crippen LogP contribution in [-0.2, 0) is 9.53 Å². The summed E-state index contributed by atoms with van der Waals surface area (Å²) in [6, 6.07) is 7.90. The van der Waals surface area contributed by atoms with Crippen molar-refractivity contribution in [2.75, 3.05) is 20.3 Å². The molecular formula is C16H20N2O2. The highest BCUT2D eigenvalue weighted by Crippen LogP contribution is 2.14. The van der Waals surface area contributed by atoms with Crippen LogP contribution in [0.5, 0.6) is 0 Å². The highest BCUT2D eigenvalue weighted by molar-refractivity contribution is 6.01. The Balaban J connectivity index is 2.79. The predicted octanol–water partition coefficient (Wildman–Crippen LogP) is 2.36. The number of carbonyl (C=O) groups is 1. The molecule has 0 saturated heterocycles. The Hall–Kier alpha value is -2.12. The summed E-state index contributed by atoms with van der Waals surface area (Å²) in [5.74, 6) is -0.343. The van der Waals surface area contributed by atoms with Gasteiger partial charge >= 0.3 is 0 Å². The van der Waals surface area contributed by atoms with Crippen molar-refractivity contribution in [3.8, 4) is 6.07 Å². The van der Waals surface area contributed by atoms with E-state index < -0.39 is 0 Å². The van der Waals surface area contributed by atoms with E-state index in [1.54, 1.807) is 13.2 Å². The first kappa shape index (κ1) is 15.9. The summed E-state index contributed by atoms with van der Waals surface area (Å²) >= 11 is 0. The van der Waals surface area contributed by atoms with Crippen LogP contribution in [0.1, 0.15) is 23.1 Å². The quantitative estimate of drug-likeness (QED) is 0.491. The van der Waals surface area contributed by atoms with Crippen molar-refractivity contribution in [2.45, 2.75) is 20.3 Å². The highest BCUT2D eigenvalue weighted by atomic mass is 16.5. The van der Waals surface area contributed by atoms with Crippen LogP contribution in [-0.4, -0.2) is 26.2 Å². The second-order valence-corrected chi connectivity index (χ2v) is 4.63. The summed E-state index contributed by atoms with van der Waals surface area (Å²) < 4.78 is 4.90. The van der Waals surface area contributed by atoms with E-state index in [1.807, 2.05) is 38.1 Å². The number of hydrogen-bond donors (Lipinski definition) is 1. The van der Waals surface area contributed by atoms with Crippen molar-refractivity contribution in [2.24, 2.45) is 0 Å². The van der Waals surface area contributed by atoms with Crippen molar-refractivity contribution >= 4 is 12.0 Å². The van der Waals surface area contributed by atoms with Crippen LogP contribution in [0.25, 0.3) is 6.08 Å². The van der Waals surface area contributed by atoms with E-state index in [0.717, 1.165) is 23.1 Å². The molecule has 1 N–H and O–H groups in total. The number of benzene rings is 1. The monoisotopic (exact) mass is 272 g/mol. The van der Waals surface area contributed by atoms with Crippen LogP contribution < -0.4 is 5.32 Å². The molecule has 0 aliphatic carbocycles. The predicted molar refractivity (Wildman–Crippen MR) is 79.0 cm³/mol. The fourth-order valence-electron chi connectivity index (χ4n) is 1.73. The van der Waals surface area contributed by atoms with Gasteiger partial charge < -0.3 is 10.1 Å². The summed E-state index contributed by atoms with van der Waals surface area (Å²) in [4.78, 5) is 11.9. The van der Waals surface area contributed by atoms with E-state index in [4.69, 9.17) is 10.00 Å². The van der Waals surface area contributed by atoms with Gasteiger partial charge in [-0.15, -0.1) is 0 Å². The first-order valence-electron chi connectivity index (χ1n) is 6.54. The van der Waals surface area contributed by atoms with E-state index in [0.29, 0.717) is 13.2 Å². The zero-order chi connectivity index (χ0) is 15.0. The number of rotatable bonds is 6. The minimum Gasteiger partial charge on any atom is -0.385 e. The molecule has 4 nitrogen and oxygen atoms in total. The second-order valence-electron chi connectivity index (χ2n) is 4.63. The Morgan fingerprint density at radius 2 is 2.20 bits per heavy atom. The largest absolute Gasteiger partial charge is 0.385 e. The zero-order valence-electron chi connectivity index (χ0n) is 12.2. The average molecular weight is 272 g/mol. The van der Waals surface area contributed by atoms with E-state index in [2.05, 4.69) is 5.32 Å². The maximum atomic E-state index is 11.9. The smallest absolute Gasteiger partial charge is 0.261 e. The summed E-state index contributed by atoms with van der Waals surface area (Å²) in [5, 5.41) is 11.8. The molecule has 1 aromatic rings. The number of nitrogens with zero attached hydrogens (tertiary/aromatic N) is 1. The third-order valence-corrected chi connectivity index (χ3v) is 2.91. The molecule has 106 valence electrons. The van der Waals surface area contributed by atoms with Gasteiger partial charge in [0.15, 0.2) is 0 Å². The molecule has 0 bridgehead atoms. The Labute approximate surface area is 120 Å². The summed E-state index contributed by atoms with van der Waals surface area (Å²) in [6.07, 6.45) is 2.36. The van der Waals surface area contributed by atoms with E-state index in [1.165, 1.54) is 0 Å².